The van der Waals surface area contributed by atoms with Crippen molar-refractivity contribution in [3.63, 3.8) is 0 Å². The maximum atomic E-state index is 12.8. The molecule has 1 aromatic carbocycles. The van der Waals surface area contributed by atoms with Crippen molar-refractivity contribution in [2.24, 2.45) is 11.8 Å². The Morgan fingerprint density at radius 1 is 1.08 bits per heavy atom. The number of nitrogens with one attached hydrogen (secondary N) is 1. The fourth-order valence-corrected chi connectivity index (χ4v) is 6.44. The van der Waals surface area contributed by atoms with Crippen LogP contribution in [0.25, 0.3) is 0 Å². The Bertz CT molecular complexity index is 776. The molecule has 1 aromatic rings. The van der Waals surface area contributed by atoms with Crippen molar-refractivity contribution in [3.8, 4) is 0 Å². The van der Waals surface area contributed by atoms with Crippen molar-refractivity contribution in [2.45, 2.75) is 36.6 Å². The molecule has 3 unspecified atom stereocenters. The van der Waals surface area contributed by atoms with Crippen LogP contribution in [0.15, 0.2) is 29.2 Å². The number of nitrogens with zero attached hydrogens (tertiary/aromatic N) is 2. The second-order valence-corrected chi connectivity index (χ2v) is 10.3. The number of hydrogen-bond donors (Lipinski definition) is 1. The highest BCUT2D eigenvalue weighted by atomic mass is 35.5. The number of rotatable bonds is 3. The van der Waals surface area contributed by atoms with E-state index in [9.17, 15) is 8.42 Å². The van der Waals surface area contributed by atoms with Crippen LogP contribution in [0.4, 0.5) is 0 Å². The minimum absolute atomic E-state index is 0.290. The summed E-state index contributed by atoms with van der Waals surface area (Å²) in [6, 6.07) is 6.85. The summed E-state index contributed by atoms with van der Waals surface area (Å²) in [5, 5.41) is 4.86. The van der Waals surface area contributed by atoms with Gasteiger partial charge in [0.2, 0.25) is 10.0 Å². The quantitative estimate of drug-likeness (QED) is 0.772. The lowest BCUT2D eigenvalue weighted by molar-refractivity contribution is 0.258. The van der Waals surface area contributed by atoms with Crippen LogP contribution in [0, 0.1) is 11.8 Å². The van der Waals surface area contributed by atoms with E-state index in [4.69, 9.17) is 23.8 Å². The average molecular weight is 414 g/mol. The Hall–Kier alpha value is -0.890. The highest BCUT2D eigenvalue weighted by molar-refractivity contribution is 7.89. The zero-order chi connectivity index (χ0) is 18.3. The number of benzene rings is 1. The molecule has 0 radical (unpaired) electrons. The Morgan fingerprint density at radius 3 is 2.35 bits per heavy atom. The fourth-order valence-electron chi connectivity index (χ4n) is 4.56. The second-order valence-electron chi connectivity index (χ2n) is 7.58. The second kappa shape index (κ2) is 7.26. The molecule has 2 aliphatic carbocycles. The molecule has 8 heteroatoms. The zero-order valence-electron chi connectivity index (χ0n) is 14.6. The summed E-state index contributed by atoms with van der Waals surface area (Å²) in [6.07, 6.45) is 5.26. The molecule has 3 aliphatic rings. The van der Waals surface area contributed by atoms with Crippen molar-refractivity contribution in [3.05, 3.63) is 29.3 Å². The van der Waals surface area contributed by atoms with Crippen LogP contribution in [0.5, 0.6) is 0 Å². The van der Waals surface area contributed by atoms with Gasteiger partial charge in [-0.3, -0.25) is 0 Å². The first-order valence-corrected chi connectivity index (χ1v) is 11.5. The van der Waals surface area contributed by atoms with E-state index in [0.717, 1.165) is 16.9 Å². The van der Waals surface area contributed by atoms with Crippen molar-refractivity contribution in [1.29, 1.82) is 0 Å². The first kappa shape index (κ1) is 18.5. The Balaban J connectivity index is 1.33. The number of halogens is 1. The number of thiocarbonyl (C=S) groups is 1. The molecular formula is C18H24ClN3O2S2. The third-order valence-corrected chi connectivity index (χ3v) is 8.57. The largest absolute Gasteiger partial charge is 0.360 e. The van der Waals surface area contributed by atoms with E-state index in [1.165, 1.54) is 30.0 Å². The molecule has 1 aliphatic heterocycles. The normalized spacial score (nSPS) is 29.1. The van der Waals surface area contributed by atoms with Crippen LogP contribution in [0.3, 0.4) is 0 Å². The van der Waals surface area contributed by atoms with Gasteiger partial charge in [-0.25, -0.2) is 8.42 Å². The lowest BCUT2D eigenvalue weighted by atomic mass is 9.95. The van der Waals surface area contributed by atoms with Gasteiger partial charge in [-0.15, -0.1) is 0 Å². The maximum absolute atomic E-state index is 12.8. The molecule has 0 aromatic heterocycles. The van der Waals surface area contributed by atoms with Gasteiger partial charge in [-0.2, -0.15) is 4.31 Å². The van der Waals surface area contributed by atoms with Gasteiger partial charge in [0.05, 0.1) is 4.90 Å². The summed E-state index contributed by atoms with van der Waals surface area (Å²) in [5.74, 6) is 1.64. The SMILES string of the molecule is O=S(=O)(c1ccc(Cl)cc1)N1CCN(C(=S)NC2CC3CCC2C3)CC1. The monoisotopic (exact) mass is 413 g/mol. The van der Waals surface area contributed by atoms with Gasteiger partial charge in [0.15, 0.2) is 5.11 Å². The average Bonchev–Trinajstić information content (AvgIpc) is 3.25. The number of piperazine rings is 1. The molecule has 142 valence electrons. The molecule has 2 saturated carbocycles. The summed E-state index contributed by atoms with van der Waals surface area (Å²) in [4.78, 5) is 2.40. The van der Waals surface area contributed by atoms with Gasteiger partial charge in [0.1, 0.15) is 0 Å². The first-order chi connectivity index (χ1) is 12.4. The van der Waals surface area contributed by atoms with Crippen molar-refractivity contribution >= 4 is 39.0 Å². The Kier molecular flexibility index (Phi) is 5.16. The number of sulfonamides is 1. The van der Waals surface area contributed by atoms with E-state index >= 15 is 0 Å². The Morgan fingerprint density at radius 2 is 1.77 bits per heavy atom. The predicted molar refractivity (Wildman–Crippen MR) is 107 cm³/mol. The van der Waals surface area contributed by atoms with Crippen molar-refractivity contribution in [1.82, 2.24) is 14.5 Å². The Labute approximate surface area is 165 Å². The smallest absolute Gasteiger partial charge is 0.243 e. The molecule has 0 amide bonds. The van der Waals surface area contributed by atoms with Crippen LogP contribution in [-0.4, -0.2) is 55.0 Å². The topological polar surface area (TPSA) is 52.7 Å². The van der Waals surface area contributed by atoms with Gasteiger partial charge >= 0.3 is 0 Å². The van der Waals surface area contributed by atoms with Gasteiger partial charge in [-0.05, 0) is 67.6 Å². The van der Waals surface area contributed by atoms with Crippen molar-refractivity contribution in [2.75, 3.05) is 26.2 Å². The van der Waals surface area contributed by atoms with Crippen LogP contribution >= 0.6 is 23.8 Å². The molecule has 2 bridgehead atoms. The molecule has 4 rings (SSSR count). The van der Waals surface area contributed by atoms with E-state index < -0.39 is 10.0 Å². The van der Waals surface area contributed by atoms with E-state index in [1.54, 1.807) is 24.3 Å². The molecule has 1 N–H and O–H groups in total. The summed E-state index contributed by atoms with van der Waals surface area (Å²) >= 11 is 11.5. The lowest BCUT2D eigenvalue weighted by Gasteiger charge is -2.37. The number of hydrogen-bond acceptors (Lipinski definition) is 3. The minimum Gasteiger partial charge on any atom is -0.360 e. The lowest BCUT2D eigenvalue weighted by Crippen LogP contribution is -2.54. The maximum Gasteiger partial charge on any atom is 0.243 e. The zero-order valence-corrected chi connectivity index (χ0v) is 17.0. The van der Waals surface area contributed by atoms with Crippen LogP contribution in [0.1, 0.15) is 25.7 Å². The number of fused-ring (bicyclic) bond motifs is 2. The van der Waals surface area contributed by atoms with Crippen LogP contribution in [-0.2, 0) is 10.0 Å². The third-order valence-electron chi connectivity index (χ3n) is 6.02. The summed E-state index contributed by atoms with van der Waals surface area (Å²) in [7, 11) is -3.47. The highest BCUT2D eigenvalue weighted by Crippen LogP contribution is 2.44. The molecule has 1 heterocycles. The van der Waals surface area contributed by atoms with Gasteiger partial charge in [-0.1, -0.05) is 18.0 Å². The molecule has 5 nitrogen and oxygen atoms in total. The van der Waals surface area contributed by atoms with E-state index in [-0.39, 0.29) is 4.90 Å². The first-order valence-electron chi connectivity index (χ1n) is 9.24. The van der Waals surface area contributed by atoms with Gasteiger partial charge in [0, 0.05) is 37.2 Å². The predicted octanol–water partition coefficient (Wildman–Crippen LogP) is 2.71. The van der Waals surface area contributed by atoms with Crippen LogP contribution < -0.4 is 5.32 Å². The summed E-state index contributed by atoms with van der Waals surface area (Å²) in [6.45, 7) is 2.14. The van der Waals surface area contributed by atoms with E-state index in [1.807, 2.05) is 0 Å². The van der Waals surface area contributed by atoms with Crippen molar-refractivity contribution < 1.29 is 8.42 Å². The van der Waals surface area contributed by atoms with Gasteiger partial charge < -0.3 is 10.2 Å². The van der Waals surface area contributed by atoms with E-state index in [2.05, 4.69) is 10.2 Å². The summed E-state index contributed by atoms with van der Waals surface area (Å²) < 4.78 is 27.0. The molecule has 1 saturated heterocycles. The minimum atomic E-state index is -3.47. The molecular weight excluding hydrogens is 390 g/mol. The highest BCUT2D eigenvalue weighted by Gasteiger charge is 2.40. The summed E-state index contributed by atoms with van der Waals surface area (Å²) in [5.41, 5.74) is 0. The molecule has 3 fully saturated rings. The third kappa shape index (κ3) is 3.59. The fraction of sp³-hybridized carbons (Fsp3) is 0.611. The van der Waals surface area contributed by atoms with Crippen LogP contribution in [0.2, 0.25) is 5.02 Å². The standard InChI is InChI=1S/C18H24ClN3O2S2/c19-15-3-5-16(6-4-15)26(23,24)22-9-7-21(8-10-22)18(25)20-17-12-13-1-2-14(17)11-13/h3-6,13-14,17H,1-2,7-12H2,(H,20,25). The van der Waals surface area contributed by atoms with E-state index in [0.29, 0.717) is 37.2 Å². The molecule has 0 spiro atoms. The molecule has 26 heavy (non-hydrogen) atoms. The molecule has 3 atom stereocenters. The van der Waals surface area contributed by atoms with Gasteiger partial charge in [0.25, 0.3) is 0 Å².